The molecule has 2 unspecified atom stereocenters. The van der Waals surface area contributed by atoms with Crippen LogP contribution in [0.4, 0.5) is 0 Å². The summed E-state index contributed by atoms with van der Waals surface area (Å²) in [6, 6.07) is 0. The van der Waals surface area contributed by atoms with Gasteiger partial charge in [0.1, 0.15) is 19.3 Å². The fourth-order valence-electron chi connectivity index (χ4n) is 3.05. The van der Waals surface area contributed by atoms with Crippen molar-refractivity contribution >= 4 is 29.8 Å². The van der Waals surface area contributed by atoms with Crippen molar-refractivity contribution in [3.8, 4) is 0 Å². The van der Waals surface area contributed by atoms with E-state index in [-0.39, 0.29) is 57.4 Å². The first-order valence-corrected chi connectivity index (χ1v) is 16.8. The topological polar surface area (TPSA) is 170 Å². The second-order valence-electron chi connectivity index (χ2n) is 10.2. The van der Waals surface area contributed by atoms with Crippen LogP contribution in [-0.2, 0) is 57.1 Å². The quantitative estimate of drug-likeness (QED) is 0.0425. The van der Waals surface area contributed by atoms with Crippen molar-refractivity contribution in [1.82, 2.24) is 0 Å². The number of rotatable bonds is 26. The Morgan fingerprint density at radius 3 is 1.55 bits per heavy atom. The first-order chi connectivity index (χ1) is 22.6. The van der Waals surface area contributed by atoms with Gasteiger partial charge in [-0.1, -0.05) is 47.6 Å². The average Bonchev–Trinajstić information content (AvgIpc) is 3.02. The van der Waals surface area contributed by atoms with E-state index in [9.17, 15) is 24.0 Å². The minimum Gasteiger partial charge on any atom is -0.462 e. The predicted octanol–water partition coefficient (Wildman–Crippen LogP) is 5.03. The van der Waals surface area contributed by atoms with Crippen molar-refractivity contribution in [2.45, 2.75) is 124 Å². The monoisotopic (exact) mass is 678 g/mol. The standard InChI is InChI=1S/C15H26O5.C10H20O4.C9H16O4/c1-4-7-10-18-11-13(20-15(17)9-6-3)12-19-14(16)8-5-2;1-3-5-10(12)14-9(7-11)8-13-6-4-2;1-3-5-8(10)13-9(11)7-12-6-4-2/h4,13H,1,5-12H2,2-3H3;9,11H,3-8H2,1-2H3;3-7H2,1-2H3. The number of carbonyl (C=O) groups excluding carboxylic acids is 5. The van der Waals surface area contributed by atoms with Gasteiger partial charge in [0, 0.05) is 38.9 Å². The number of aliphatic hydroxyl groups is 1. The molecule has 0 saturated carbocycles. The number of ether oxygens (including phenoxy) is 7. The lowest BCUT2D eigenvalue weighted by Gasteiger charge is -2.18. The highest BCUT2D eigenvalue weighted by atomic mass is 16.6. The summed E-state index contributed by atoms with van der Waals surface area (Å²) in [6.45, 7) is 17.0. The molecule has 0 aliphatic heterocycles. The molecule has 13 heteroatoms. The highest BCUT2D eigenvalue weighted by molar-refractivity contribution is 5.86. The molecule has 2 atom stereocenters. The van der Waals surface area contributed by atoms with E-state index in [1.165, 1.54) is 0 Å². The summed E-state index contributed by atoms with van der Waals surface area (Å²) in [6.07, 6.45) is 7.47. The van der Waals surface area contributed by atoms with Crippen LogP contribution in [0.1, 0.15) is 112 Å². The summed E-state index contributed by atoms with van der Waals surface area (Å²) in [7, 11) is 0. The van der Waals surface area contributed by atoms with Crippen LogP contribution in [0, 0.1) is 0 Å². The molecule has 0 aromatic heterocycles. The van der Waals surface area contributed by atoms with Crippen molar-refractivity contribution < 1.29 is 62.2 Å². The Bertz CT molecular complexity index is 801. The average molecular weight is 679 g/mol. The second-order valence-corrected chi connectivity index (χ2v) is 10.2. The minimum atomic E-state index is -0.605. The molecule has 276 valence electrons. The largest absolute Gasteiger partial charge is 0.462 e. The molecule has 0 aliphatic carbocycles. The first kappa shape index (κ1) is 48.5. The molecule has 0 spiro atoms. The van der Waals surface area contributed by atoms with Gasteiger partial charge in [-0.05, 0) is 44.9 Å². The molecule has 13 nitrogen and oxygen atoms in total. The number of hydrogen-bond donors (Lipinski definition) is 1. The van der Waals surface area contributed by atoms with Crippen LogP contribution in [0.3, 0.4) is 0 Å². The van der Waals surface area contributed by atoms with Gasteiger partial charge < -0.3 is 38.3 Å². The number of hydrogen-bond acceptors (Lipinski definition) is 13. The molecule has 0 fully saturated rings. The molecule has 0 amide bonds. The van der Waals surface area contributed by atoms with E-state index >= 15 is 0 Å². The number of aliphatic hydroxyl groups excluding tert-OH is 1. The molecular formula is C34H62O13. The molecule has 0 aromatic carbocycles. The lowest BCUT2D eigenvalue weighted by Crippen LogP contribution is -2.29. The molecule has 0 radical (unpaired) electrons. The van der Waals surface area contributed by atoms with Crippen LogP contribution >= 0.6 is 0 Å². The van der Waals surface area contributed by atoms with Gasteiger partial charge in [0.2, 0.25) is 0 Å². The molecular weight excluding hydrogens is 616 g/mol. The van der Waals surface area contributed by atoms with Crippen LogP contribution in [0.5, 0.6) is 0 Å². The SMILES string of the molecule is C=CCCOCC(COC(=O)CCC)OC(=O)CCC.CCCOCC(=O)OC(=O)CCC.CCCOCC(CO)OC(=O)CCC. The summed E-state index contributed by atoms with van der Waals surface area (Å²) in [5.41, 5.74) is 0. The second kappa shape index (κ2) is 37.6. The van der Waals surface area contributed by atoms with Gasteiger partial charge in [0.15, 0.2) is 6.10 Å². The van der Waals surface area contributed by atoms with Gasteiger partial charge in [-0.3, -0.25) is 19.2 Å². The highest BCUT2D eigenvalue weighted by Gasteiger charge is 2.17. The molecule has 47 heavy (non-hydrogen) atoms. The van der Waals surface area contributed by atoms with Crippen LogP contribution in [0.2, 0.25) is 0 Å². The zero-order valence-electron chi connectivity index (χ0n) is 29.7. The summed E-state index contributed by atoms with van der Waals surface area (Å²) in [4.78, 5) is 55.5. The van der Waals surface area contributed by atoms with Gasteiger partial charge in [0.05, 0.1) is 26.4 Å². The Morgan fingerprint density at radius 1 is 0.574 bits per heavy atom. The van der Waals surface area contributed by atoms with E-state index in [1.807, 2.05) is 41.5 Å². The third-order valence-electron chi connectivity index (χ3n) is 5.26. The van der Waals surface area contributed by atoms with E-state index in [0.717, 1.165) is 38.5 Å². The first-order valence-electron chi connectivity index (χ1n) is 16.8. The molecule has 0 bridgehead atoms. The minimum absolute atomic E-state index is 0.0440. The van der Waals surface area contributed by atoms with Crippen LogP contribution < -0.4 is 0 Å². The Hall–Kier alpha value is -2.87. The van der Waals surface area contributed by atoms with Crippen LogP contribution in [0.25, 0.3) is 0 Å². The highest BCUT2D eigenvalue weighted by Crippen LogP contribution is 2.03. The smallest absolute Gasteiger partial charge is 0.339 e. The summed E-state index contributed by atoms with van der Waals surface area (Å²) in [5.74, 6) is -1.93. The zero-order valence-corrected chi connectivity index (χ0v) is 29.7. The van der Waals surface area contributed by atoms with Crippen molar-refractivity contribution in [2.24, 2.45) is 0 Å². The lowest BCUT2D eigenvalue weighted by molar-refractivity contribution is -0.163. The predicted molar refractivity (Wildman–Crippen MR) is 176 cm³/mol. The Labute approximate surface area is 282 Å². The van der Waals surface area contributed by atoms with Crippen molar-refractivity contribution in [3.63, 3.8) is 0 Å². The summed E-state index contributed by atoms with van der Waals surface area (Å²) < 4.78 is 35.1. The van der Waals surface area contributed by atoms with E-state index in [4.69, 9.17) is 33.5 Å². The summed E-state index contributed by atoms with van der Waals surface area (Å²) >= 11 is 0. The molecule has 0 rings (SSSR count). The fourth-order valence-corrected chi connectivity index (χ4v) is 3.05. The van der Waals surface area contributed by atoms with Gasteiger partial charge in [0.25, 0.3) is 0 Å². The molecule has 0 aliphatic rings. The van der Waals surface area contributed by atoms with Gasteiger partial charge in [-0.2, -0.15) is 0 Å². The number of carbonyl (C=O) groups is 5. The van der Waals surface area contributed by atoms with Gasteiger partial charge in [-0.15, -0.1) is 6.58 Å². The Kier molecular flexibility index (Phi) is 38.8. The van der Waals surface area contributed by atoms with Crippen molar-refractivity contribution in [3.05, 3.63) is 12.7 Å². The lowest BCUT2D eigenvalue weighted by atomic mass is 10.3. The molecule has 0 saturated heterocycles. The van der Waals surface area contributed by atoms with E-state index in [2.05, 4.69) is 11.3 Å². The van der Waals surface area contributed by atoms with E-state index in [1.54, 1.807) is 6.08 Å². The fraction of sp³-hybridized carbons (Fsp3) is 0.794. The normalized spacial score (nSPS) is 11.4. The molecule has 1 N–H and O–H groups in total. The third-order valence-corrected chi connectivity index (χ3v) is 5.26. The Balaban J connectivity index is -0.000000638. The van der Waals surface area contributed by atoms with Crippen LogP contribution in [0.15, 0.2) is 12.7 Å². The van der Waals surface area contributed by atoms with Gasteiger partial charge in [-0.25, -0.2) is 4.79 Å². The van der Waals surface area contributed by atoms with Crippen molar-refractivity contribution in [2.75, 3.05) is 52.9 Å². The maximum atomic E-state index is 11.5. The third kappa shape index (κ3) is 37.5. The van der Waals surface area contributed by atoms with E-state index < -0.39 is 24.1 Å². The van der Waals surface area contributed by atoms with E-state index in [0.29, 0.717) is 45.5 Å². The Morgan fingerprint density at radius 2 is 1.04 bits per heavy atom. The molecule has 0 heterocycles. The maximum Gasteiger partial charge on any atom is 0.339 e. The van der Waals surface area contributed by atoms with Crippen molar-refractivity contribution in [1.29, 1.82) is 0 Å². The maximum absolute atomic E-state index is 11.5. The van der Waals surface area contributed by atoms with Gasteiger partial charge >= 0.3 is 29.8 Å². The van der Waals surface area contributed by atoms with Crippen LogP contribution in [-0.4, -0.2) is 100 Å². The zero-order chi connectivity index (χ0) is 36.1. The number of esters is 5. The summed E-state index contributed by atoms with van der Waals surface area (Å²) in [5, 5.41) is 8.89. The molecule has 0 aromatic rings.